The van der Waals surface area contributed by atoms with E-state index in [1.54, 1.807) is 11.3 Å². The summed E-state index contributed by atoms with van der Waals surface area (Å²) in [4.78, 5) is 3.58. The molecule has 0 amide bonds. The molecule has 1 atom stereocenters. The van der Waals surface area contributed by atoms with Gasteiger partial charge in [0.2, 0.25) is 0 Å². The van der Waals surface area contributed by atoms with E-state index in [1.807, 2.05) is 6.07 Å². The van der Waals surface area contributed by atoms with Crippen LogP contribution in [0.4, 0.5) is 0 Å². The molecule has 0 radical (unpaired) electrons. The minimum absolute atomic E-state index is 0.0479. The van der Waals surface area contributed by atoms with Crippen LogP contribution in [-0.2, 0) is 16.1 Å². The summed E-state index contributed by atoms with van der Waals surface area (Å²) in [6.45, 7) is 4.38. The fraction of sp³-hybridized carbons (Fsp3) is 0.778. The summed E-state index contributed by atoms with van der Waals surface area (Å²) >= 11 is 1.69. The van der Waals surface area contributed by atoms with Crippen molar-refractivity contribution in [3.05, 3.63) is 22.4 Å². The van der Waals surface area contributed by atoms with E-state index in [4.69, 9.17) is 9.47 Å². The molecule has 1 spiro atoms. The average molecular weight is 340 g/mol. The molecule has 23 heavy (non-hydrogen) atoms. The van der Waals surface area contributed by atoms with Crippen LogP contribution in [0.2, 0.25) is 0 Å². The van der Waals surface area contributed by atoms with Crippen molar-refractivity contribution >= 4 is 11.3 Å². The van der Waals surface area contributed by atoms with E-state index in [0.29, 0.717) is 19.8 Å². The molecule has 1 aliphatic heterocycles. The topological polar surface area (TPSA) is 41.9 Å². The number of morpholine rings is 1. The molecule has 1 aromatic heterocycles. The lowest BCUT2D eigenvalue weighted by atomic mass is 9.92. The molecule has 2 heterocycles. The van der Waals surface area contributed by atoms with E-state index in [2.05, 4.69) is 16.3 Å². The van der Waals surface area contributed by atoms with Crippen molar-refractivity contribution in [1.82, 2.24) is 4.90 Å². The highest BCUT2D eigenvalue weighted by Gasteiger charge is 2.37. The standard InChI is InChI=1S/C18H29NO3S/c20-16(13-21-14-17-6-5-11-23-17)12-19-9-10-22-18(15-19)7-3-1-2-4-8-18/h5-6,11,16,20H,1-4,7-10,12-15H2. The second kappa shape index (κ2) is 8.58. The molecular weight excluding hydrogens is 310 g/mol. The second-order valence-corrected chi connectivity index (χ2v) is 7.96. The molecule has 130 valence electrons. The molecule has 1 saturated heterocycles. The predicted octanol–water partition coefficient (Wildman–Crippen LogP) is 3.05. The zero-order valence-electron chi connectivity index (χ0n) is 13.9. The largest absolute Gasteiger partial charge is 0.389 e. The van der Waals surface area contributed by atoms with Crippen molar-refractivity contribution in [3.8, 4) is 0 Å². The summed E-state index contributed by atoms with van der Waals surface area (Å²) in [5, 5.41) is 12.3. The van der Waals surface area contributed by atoms with Crippen LogP contribution in [0.5, 0.6) is 0 Å². The van der Waals surface area contributed by atoms with Gasteiger partial charge >= 0.3 is 0 Å². The monoisotopic (exact) mass is 339 g/mol. The number of hydrogen-bond acceptors (Lipinski definition) is 5. The number of nitrogens with zero attached hydrogens (tertiary/aromatic N) is 1. The Bertz CT molecular complexity index is 443. The van der Waals surface area contributed by atoms with E-state index in [9.17, 15) is 5.11 Å². The minimum Gasteiger partial charge on any atom is -0.389 e. The van der Waals surface area contributed by atoms with Gasteiger partial charge in [-0.2, -0.15) is 0 Å². The average Bonchev–Trinajstić information content (AvgIpc) is 2.95. The van der Waals surface area contributed by atoms with Crippen molar-refractivity contribution in [1.29, 1.82) is 0 Å². The van der Waals surface area contributed by atoms with Crippen molar-refractivity contribution in [3.63, 3.8) is 0 Å². The van der Waals surface area contributed by atoms with Gasteiger partial charge in [-0.1, -0.05) is 31.7 Å². The van der Waals surface area contributed by atoms with Crippen molar-refractivity contribution in [2.75, 3.05) is 32.8 Å². The number of β-amino-alcohol motifs (C(OH)–C–C–N with tert-alkyl or cyclic N) is 1. The molecule has 0 aromatic carbocycles. The molecule has 1 aromatic rings. The molecule has 1 aliphatic carbocycles. The first kappa shape index (κ1) is 17.4. The molecular formula is C18H29NO3S. The van der Waals surface area contributed by atoms with Crippen molar-refractivity contribution < 1.29 is 14.6 Å². The van der Waals surface area contributed by atoms with Crippen LogP contribution < -0.4 is 0 Å². The lowest BCUT2D eigenvalue weighted by molar-refractivity contribution is -0.124. The van der Waals surface area contributed by atoms with Crippen LogP contribution in [0.15, 0.2) is 17.5 Å². The number of aliphatic hydroxyl groups excluding tert-OH is 1. The fourth-order valence-corrected chi connectivity index (χ4v) is 4.44. The Hall–Kier alpha value is -0.460. The molecule has 1 unspecified atom stereocenters. The normalized spacial score (nSPS) is 23.7. The Labute approximate surface area is 143 Å². The Morgan fingerprint density at radius 2 is 2.13 bits per heavy atom. The number of hydrogen-bond donors (Lipinski definition) is 1. The molecule has 5 heteroatoms. The van der Waals surface area contributed by atoms with Gasteiger partial charge in [0.15, 0.2) is 0 Å². The highest BCUT2D eigenvalue weighted by atomic mass is 32.1. The third kappa shape index (κ3) is 5.26. The first-order valence-corrected chi connectivity index (χ1v) is 9.78. The smallest absolute Gasteiger partial charge is 0.0900 e. The lowest BCUT2D eigenvalue weighted by Crippen LogP contribution is -2.53. The molecule has 1 N–H and O–H groups in total. The summed E-state index contributed by atoms with van der Waals surface area (Å²) in [5.74, 6) is 0. The van der Waals surface area contributed by atoms with E-state index >= 15 is 0 Å². The third-order valence-corrected chi connectivity index (χ3v) is 5.80. The molecule has 0 bridgehead atoms. The van der Waals surface area contributed by atoms with E-state index in [-0.39, 0.29) is 5.60 Å². The van der Waals surface area contributed by atoms with Crippen LogP contribution in [0.25, 0.3) is 0 Å². The summed E-state index contributed by atoms with van der Waals surface area (Å²) in [5.41, 5.74) is 0.0479. The van der Waals surface area contributed by atoms with E-state index in [0.717, 1.165) is 19.7 Å². The number of rotatable bonds is 6. The first-order valence-electron chi connectivity index (χ1n) is 8.90. The van der Waals surface area contributed by atoms with E-state index in [1.165, 1.54) is 43.4 Å². The molecule has 1 saturated carbocycles. The van der Waals surface area contributed by atoms with Crippen LogP contribution in [0, 0.1) is 0 Å². The van der Waals surface area contributed by atoms with Crippen molar-refractivity contribution in [2.24, 2.45) is 0 Å². The van der Waals surface area contributed by atoms with Gasteiger partial charge < -0.3 is 14.6 Å². The lowest BCUT2D eigenvalue weighted by Gasteiger charge is -2.43. The first-order chi connectivity index (χ1) is 11.3. The van der Waals surface area contributed by atoms with Gasteiger partial charge in [0.1, 0.15) is 0 Å². The van der Waals surface area contributed by atoms with E-state index < -0.39 is 6.10 Å². The quantitative estimate of drug-likeness (QED) is 0.865. The number of aliphatic hydroxyl groups is 1. The van der Waals surface area contributed by atoms with Gasteiger partial charge in [-0.05, 0) is 24.3 Å². The Kier molecular flexibility index (Phi) is 6.48. The van der Waals surface area contributed by atoms with Gasteiger partial charge in [-0.15, -0.1) is 11.3 Å². The summed E-state index contributed by atoms with van der Waals surface area (Å²) in [7, 11) is 0. The maximum atomic E-state index is 10.3. The molecule has 2 fully saturated rings. The summed E-state index contributed by atoms with van der Waals surface area (Å²) < 4.78 is 11.8. The minimum atomic E-state index is -0.420. The van der Waals surface area contributed by atoms with Gasteiger partial charge in [0, 0.05) is 24.5 Å². The zero-order chi connectivity index (χ0) is 16.0. The maximum Gasteiger partial charge on any atom is 0.0900 e. The number of ether oxygens (including phenoxy) is 2. The second-order valence-electron chi connectivity index (χ2n) is 6.93. The van der Waals surface area contributed by atoms with Crippen LogP contribution in [0.1, 0.15) is 43.4 Å². The fourth-order valence-electron chi connectivity index (χ4n) is 3.80. The van der Waals surface area contributed by atoms with Gasteiger partial charge in [-0.3, -0.25) is 4.90 Å². The maximum absolute atomic E-state index is 10.3. The van der Waals surface area contributed by atoms with Crippen LogP contribution in [-0.4, -0.2) is 54.6 Å². The molecule has 2 aliphatic rings. The van der Waals surface area contributed by atoms with Gasteiger partial charge in [-0.25, -0.2) is 0 Å². The Morgan fingerprint density at radius 3 is 2.87 bits per heavy atom. The van der Waals surface area contributed by atoms with Gasteiger partial charge in [0.05, 0.1) is 31.5 Å². The molecule has 3 rings (SSSR count). The highest BCUT2D eigenvalue weighted by Crippen LogP contribution is 2.33. The van der Waals surface area contributed by atoms with Gasteiger partial charge in [0.25, 0.3) is 0 Å². The molecule has 4 nitrogen and oxygen atoms in total. The van der Waals surface area contributed by atoms with Crippen LogP contribution in [0.3, 0.4) is 0 Å². The Balaban J connectivity index is 1.41. The summed E-state index contributed by atoms with van der Waals surface area (Å²) in [6, 6.07) is 4.09. The third-order valence-electron chi connectivity index (χ3n) is 4.95. The SMILES string of the molecule is OC(COCc1cccs1)CN1CCOC2(CCCCCC2)C1. The zero-order valence-corrected chi connectivity index (χ0v) is 14.7. The highest BCUT2D eigenvalue weighted by molar-refractivity contribution is 7.09. The Morgan fingerprint density at radius 1 is 1.30 bits per heavy atom. The number of thiophene rings is 1. The summed E-state index contributed by atoms with van der Waals surface area (Å²) in [6.07, 6.45) is 7.16. The predicted molar refractivity (Wildman–Crippen MR) is 92.8 cm³/mol. The van der Waals surface area contributed by atoms with Crippen LogP contribution >= 0.6 is 11.3 Å². The van der Waals surface area contributed by atoms with Crippen molar-refractivity contribution in [2.45, 2.75) is 56.8 Å².